The van der Waals surface area contributed by atoms with Crippen LogP contribution in [0.25, 0.3) is 0 Å². The summed E-state index contributed by atoms with van der Waals surface area (Å²) in [7, 11) is 1.65. The van der Waals surface area contributed by atoms with E-state index in [1.165, 1.54) is 0 Å². The number of carbonyl (C=O) groups excluding carboxylic acids is 1. The van der Waals surface area contributed by atoms with Crippen LogP contribution in [0.4, 0.5) is 39.5 Å². The normalized spacial score (nSPS) is 17.0. The summed E-state index contributed by atoms with van der Waals surface area (Å²) in [6, 6.07) is 14.0. The highest BCUT2D eigenvalue weighted by Gasteiger charge is 2.45. The number of methoxy groups -OCH3 is 1. The van der Waals surface area contributed by atoms with Crippen LogP contribution in [0.15, 0.2) is 61.1 Å². The number of nitrogens with zero attached hydrogens (tertiary/aromatic N) is 5. The number of pyridine rings is 2. The van der Waals surface area contributed by atoms with Gasteiger partial charge in [-0.25, -0.2) is 19.4 Å². The predicted molar refractivity (Wildman–Crippen MR) is 149 cm³/mol. The van der Waals surface area contributed by atoms with Crippen molar-refractivity contribution in [3.8, 4) is 5.88 Å². The molecular weight excluding hydrogens is 705 g/mol. The molecule has 0 aromatic carbocycles. The first-order valence-corrected chi connectivity index (χ1v) is 13.6. The van der Waals surface area contributed by atoms with Gasteiger partial charge in [0.05, 0.1) is 31.4 Å². The minimum absolute atomic E-state index is 0.0720. The molecule has 2 unspecified atom stereocenters. The number of rotatable bonds is 5. The highest BCUT2D eigenvalue weighted by atomic mass is 19.4. The van der Waals surface area contributed by atoms with E-state index in [2.05, 4.69) is 19.4 Å². The summed E-state index contributed by atoms with van der Waals surface area (Å²) < 4.78 is 103. The average molecular weight is 732 g/mol. The van der Waals surface area contributed by atoms with Gasteiger partial charge in [-0.3, -0.25) is 14.7 Å². The summed E-state index contributed by atoms with van der Waals surface area (Å²) >= 11 is 0. The van der Waals surface area contributed by atoms with Gasteiger partial charge in [0.15, 0.2) is 0 Å². The van der Waals surface area contributed by atoms with E-state index in [1.807, 2.05) is 53.6 Å². The maximum absolute atomic E-state index is 13.2. The first-order valence-electron chi connectivity index (χ1n) is 13.6. The number of carboxylic acid groups (broad SMARTS) is 3. The van der Waals surface area contributed by atoms with E-state index >= 15 is 0 Å². The molecule has 1 saturated heterocycles. The van der Waals surface area contributed by atoms with Gasteiger partial charge in [-0.05, 0) is 30.3 Å². The van der Waals surface area contributed by atoms with Crippen molar-refractivity contribution >= 4 is 23.8 Å². The van der Waals surface area contributed by atoms with Crippen molar-refractivity contribution in [1.29, 1.82) is 0 Å². The summed E-state index contributed by atoms with van der Waals surface area (Å²) in [6.07, 6.45) is -9.71. The summed E-state index contributed by atoms with van der Waals surface area (Å²) in [5.41, 5.74) is 2.72. The molecule has 0 bridgehead atoms. The monoisotopic (exact) mass is 731 g/mol. The van der Waals surface area contributed by atoms with Gasteiger partial charge >= 0.3 is 36.4 Å². The number of aliphatic carboxylic acids is 3. The Bertz CT molecular complexity index is 1560. The Kier molecular flexibility index (Phi) is 13.7. The number of carbonyl (C=O) groups is 4. The van der Waals surface area contributed by atoms with E-state index in [1.54, 1.807) is 19.5 Å². The van der Waals surface area contributed by atoms with E-state index in [0.717, 1.165) is 36.6 Å². The number of ether oxygens (including phenoxy) is 1. The van der Waals surface area contributed by atoms with Crippen molar-refractivity contribution < 1.29 is 78.7 Å². The number of likely N-dealkylation sites (tertiary alicyclic amines) is 1. The molecule has 2 aliphatic heterocycles. The smallest absolute Gasteiger partial charge is 0.481 e. The molecule has 22 heteroatoms. The predicted octanol–water partition coefficient (Wildman–Crippen LogP) is 4.27. The molecule has 274 valence electrons. The Morgan fingerprint density at radius 1 is 0.760 bits per heavy atom. The number of alkyl halides is 9. The fourth-order valence-electron chi connectivity index (χ4n) is 4.54. The topological polar surface area (TPSA) is 175 Å². The van der Waals surface area contributed by atoms with Gasteiger partial charge in [0, 0.05) is 43.8 Å². The number of hydrogen-bond acceptors (Lipinski definition) is 8. The SMILES string of the molecule is COc1ncccc1CN1CC2C(C1)n1cccc1C(=O)N2Cc1ccccn1.O=C(O)C(F)(F)F.O=C(O)C(F)(F)F.O=C(O)C(F)(F)F. The highest BCUT2D eigenvalue weighted by Crippen LogP contribution is 2.35. The summed E-state index contributed by atoms with van der Waals surface area (Å²) in [4.78, 5) is 53.0. The Morgan fingerprint density at radius 3 is 1.76 bits per heavy atom. The fraction of sp³-hybridized carbons (Fsp3) is 0.357. The minimum Gasteiger partial charge on any atom is -0.481 e. The quantitative estimate of drug-likeness (QED) is 0.320. The number of fused-ring (bicyclic) bond motifs is 3. The molecule has 2 atom stereocenters. The standard InChI is InChI=1S/C22H23N5O2.3C2HF3O2/c1-29-21-16(6-4-10-24-21)12-25-14-19-20(15-25)27(13-17-7-2-3-9-23-17)22(28)18-8-5-11-26(18)19;3*3-2(4,5)1(6)7/h2-11,19-20H,12-15H2,1H3;3*(H,6,7). The molecule has 0 spiro atoms. The lowest BCUT2D eigenvalue weighted by molar-refractivity contribution is -0.193. The molecule has 0 aliphatic carbocycles. The van der Waals surface area contributed by atoms with E-state index in [4.69, 9.17) is 34.4 Å². The minimum atomic E-state index is -5.08. The Hall–Kier alpha value is -5.41. The van der Waals surface area contributed by atoms with Gasteiger partial charge in [0.1, 0.15) is 5.69 Å². The lowest BCUT2D eigenvalue weighted by Crippen LogP contribution is -2.49. The molecule has 3 aromatic rings. The first kappa shape index (κ1) is 40.8. The zero-order valence-corrected chi connectivity index (χ0v) is 25.3. The molecular formula is C28H26F9N5O8. The molecule has 0 saturated carbocycles. The molecule has 50 heavy (non-hydrogen) atoms. The van der Waals surface area contributed by atoms with Crippen LogP contribution in [-0.4, -0.2) is 108 Å². The number of hydrogen-bond donors (Lipinski definition) is 3. The Morgan fingerprint density at radius 2 is 1.28 bits per heavy atom. The van der Waals surface area contributed by atoms with Crippen LogP contribution in [0, 0.1) is 0 Å². The lowest BCUT2D eigenvalue weighted by Gasteiger charge is -2.38. The zero-order valence-electron chi connectivity index (χ0n) is 25.3. The third-order valence-corrected chi connectivity index (χ3v) is 6.57. The molecule has 5 heterocycles. The fourth-order valence-corrected chi connectivity index (χ4v) is 4.54. The Balaban J connectivity index is 0.000000338. The van der Waals surface area contributed by atoms with Crippen LogP contribution in [0.2, 0.25) is 0 Å². The van der Waals surface area contributed by atoms with Crippen molar-refractivity contribution in [3.05, 3.63) is 78.0 Å². The molecule has 3 aromatic heterocycles. The van der Waals surface area contributed by atoms with Gasteiger partial charge in [0.2, 0.25) is 5.88 Å². The maximum Gasteiger partial charge on any atom is 0.490 e. The van der Waals surface area contributed by atoms with Gasteiger partial charge in [0.25, 0.3) is 5.91 Å². The van der Waals surface area contributed by atoms with Crippen LogP contribution in [0.5, 0.6) is 5.88 Å². The van der Waals surface area contributed by atoms with Crippen molar-refractivity contribution in [2.75, 3.05) is 20.2 Å². The number of aromatic nitrogens is 3. The van der Waals surface area contributed by atoms with Crippen LogP contribution < -0.4 is 4.74 Å². The molecule has 1 fully saturated rings. The van der Waals surface area contributed by atoms with E-state index in [0.29, 0.717) is 12.4 Å². The van der Waals surface area contributed by atoms with Crippen molar-refractivity contribution in [1.82, 2.24) is 24.3 Å². The second kappa shape index (κ2) is 16.8. The molecule has 0 radical (unpaired) electrons. The van der Waals surface area contributed by atoms with Crippen LogP contribution in [-0.2, 0) is 27.5 Å². The average Bonchev–Trinajstić information content (AvgIpc) is 3.67. The van der Waals surface area contributed by atoms with Crippen molar-refractivity contribution in [2.24, 2.45) is 0 Å². The van der Waals surface area contributed by atoms with E-state index < -0.39 is 36.4 Å². The van der Waals surface area contributed by atoms with Crippen LogP contribution in [0.3, 0.4) is 0 Å². The number of halogens is 9. The second-order valence-corrected chi connectivity index (χ2v) is 9.96. The van der Waals surface area contributed by atoms with Crippen molar-refractivity contribution in [2.45, 2.75) is 43.7 Å². The zero-order chi connectivity index (χ0) is 38.0. The van der Waals surface area contributed by atoms with Gasteiger partial charge in [-0.15, -0.1) is 0 Å². The molecule has 1 amide bonds. The molecule has 13 nitrogen and oxygen atoms in total. The lowest BCUT2D eigenvalue weighted by atomic mass is 10.1. The highest BCUT2D eigenvalue weighted by molar-refractivity contribution is 5.94. The van der Waals surface area contributed by atoms with E-state index in [-0.39, 0.29) is 18.0 Å². The second-order valence-electron chi connectivity index (χ2n) is 9.96. The largest absolute Gasteiger partial charge is 0.490 e. The Labute approximate surface area is 275 Å². The van der Waals surface area contributed by atoms with Crippen molar-refractivity contribution in [3.63, 3.8) is 0 Å². The van der Waals surface area contributed by atoms with Gasteiger partial charge in [-0.2, -0.15) is 39.5 Å². The number of amides is 1. The molecule has 5 rings (SSSR count). The third-order valence-electron chi connectivity index (χ3n) is 6.57. The third kappa shape index (κ3) is 11.6. The summed E-state index contributed by atoms with van der Waals surface area (Å²) in [5.74, 6) is -7.54. The van der Waals surface area contributed by atoms with Gasteiger partial charge in [-0.1, -0.05) is 12.1 Å². The number of carboxylic acids is 3. The first-order chi connectivity index (χ1) is 23.1. The summed E-state index contributed by atoms with van der Waals surface area (Å²) in [6.45, 7) is 2.94. The summed E-state index contributed by atoms with van der Waals surface area (Å²) in [5, 5.41) is 21.4. The maximum atomic E-state index is 13.2. The molecule has 3 N–H and O–H groups in total. The van der Waals surface area contributed by atoms with Crippen LogP contribution >= 0.6 is 0 Å². The van der Waals surface area contributed by atoms with Gasteiger partial charge < -0.3 is 29.5 Å². The van der Waals surface area contributed by atoms with Crippen LogP contribution in [0.1, 0.15) is 27.8 Å². The molecule has 2 aliphatic rings. The van der Waals surface area contributed by atoms with E-state index in [9.17, 15) is 44.3 Å².